The number of nitrogens with zero attached hydrogens (tertiary/aromatic N) is 5. The Kier molecular flexibility index (Phi) is 18.8. The first-order chi connectivity index (χ1) is 30.2. The van der Waals surface area contributed by atoms with Crippen LogP contribution in [0.3, 0.4) is 0 Å². The molecule has 4 amide bonds. The Balaban J connectivity index is 1.90. The third-order valence-electron chi connectivity index (χ3n) is 9.57. The minimum Gasteiger partial charge on any atom is -0.395 e. The minimum absolute atomic E-state index is 0.0654. The van der Waals surface area contributed by atoms with Crippen molar-refractivity contribution in [3.63, 3.8) is 0 Å². The molecule has 20 heteroatoms. The van der Waals surface area contributed by atoms with E-state index in [1.165, 1.54) is 9.80 Å². The highest BCUT2D eigenvalue weighted by Gasteiger charge is 2.30. The molecule has 17 nitrogen and oxygen atoms in total. The predicted molar refractivity (Wildman–Crippen MR) is 236 cm³/mol. The van der Waals surface area contributed by atoms with Crippen molar-refractivity contribution in [3.8, 4) is 6.07 Å². The van der Waals surface area contributed by atoms with E-state index in [9.17, 15) is 53.5 Å². The summed E-state index contributed by atoms with van der Waals surface area (Å²) in [6.07, 6.45) is 5.16. The molecule has 0 atom stereocenters. The van der Waals surface area contributed by atoms with E-state index in [1.54, 1.807) is 87.5 Å². The molecule has 1 aliphatic rings. The molecule has 0 saturated carbocycles. The summed E-state index contributed by atoms with van der Waals surface area (Å²) in [4.78, 5) is 60.1. The SMILES string of the molecule is CC1=CC(/C=C/c2ccc(N(CC(=O)NCCO)CC(=O)NCCO)c(N(CC(=O)NCCO)CC(=O)NCCO)c2)=NC/1=C(/c1ccc(C#N)cc1)c1c(C)cc(C)n1B(F)F. The topological polar surface area (TPSA) is 245 Å². The van der Waals surface area contributed by atoms with Crippen LogP contribution in [0.1, 0.15) is 40.6 Å². The molecular weight excluding hydrogens is 819 g/mol. The maximum atomic E-state index is 14.6. The van der Waals surface area contributed by atoms with Crippen LogP contribution in [0.15, 0.2) is 76.9 Å². The lowest BCUT2D eigenvalue weighted by Gasteiger charge is -2.32. The van der Waals surface area contributed by atoms with Gasteiger partial charge in [-0.2, -0.15) is 5.26 Å². The van der Waals surface area contributed by atoms with Crippen LogP contribution in [-0.2, 0) is 19.2 Å². The summed E-state index contributed by atoms with van der Waals surface area (Å²) in [5.41, 5.74) is 5.17. The number of rotatable bonds is 23. The van der Waals surface area contributed by atoms with Crippen molar-refractivity contribution in [2.45, 2.75) is 20.8 Å². The van der Waals surface area contributed by atoms with E-state index in [0.717, 1.165) is 4.48 Å². The van der Waals surface area contributed by atoms with E-state index >= 15 is 0 Å². The van der Waals surface area contributed by atoms with Crippen molar-refractivity contribution in [3.05, 3.63) is 106 Å². The molecule has 0 aliphatic carbocycles. The average molecular weight is 872 g/mol. The number of aliphatic hydroxyl groups is 4. The lowest BCUT2D eigenvalue weighted by Crippen LogP contribution is -2.46. The molecule has 1 aromatic heterocycles. The molecule has 0 fully saturated rings. The highest BCUT2D eigenvalue weighted by atomic mass is 19.2. The number of aliphatic imine (C=N–C) groups is 1. The number of aliphatic hydroxyl groups excluding tert-OH is 4. The Morgan fingerprint density at radius 2 is 1.22 bits per heavy atom. The predicted octanol–water partition coefficient (Wildman–Crippen LogP) is 0.669. The molecule has 0 bridgehead atoms. The van der Waals surface area contributed by atoms with Gasteiger partial charge < -0.3 is 56.0 Å². The number of allylic oxidation sites excluding steroid dienone is 3. The number of carbonyl (C=O) groups is 4. The average Bonchev–Trinajstić information content (AvgIpc) is 3.78. The van der Waals surface area contributed by atoms with Crippen molar-refractivity contribution in [1.82, 2.24) is 25.7 Å². The Labute approximate surface area is 364 Å². The van der Waals surface area contributed by atoms with Gasteiger partial charge in [-0.3, -0.25) is 27.8 Å². The second kappa shape index (κ2) is 24.1. The summed E-state index contributed by atoms with van der Waals surface area (Å²) in [6, 6.07) is 15.2. The molecule has 334 valence electrons. The molecule has 0 unspecified atom stereocenters. The summed E-state index contributed by atoms with van der Waals surface area (Å²) in [6.45, 7) is 1.82. The van der Waals surface area contributed by atoms with E-state index in [0.29, 0.717) is 50.5 Å². The largest absolute Gasteiger partial charge is 0.677 e. The van der Waals surface area contributed by atoms with Crippen molar-refractivity contribution >= 4 is 59.8 Å². The summed E-state index contributed by atoms with van der Waals surface area (Å²) in [5.74, 6) is -2.25. The fraction of sp³-hybridized carbons (Fsp3) is 0.349. The van der Waals surface area contributed by atoms with Gasteiger partial charge in [0.15, 0.2) is 0 Å². The number of hydrogen-bond donors (Lipinski definition) is 8. The molecule has 63 heavy (non-hydrogen) atoms. The number of amides is 4. The third-order valence-corrected chi connectivity index (χ3v) is 9.57. The number of anilines is 2. The summed E-state index contributed by atoms with van der Waals surface area (Å²) in [7, 11) is -2.85. The summed E-state index contributed by atoms with van der Waals surface area (Å²) >= 11 is 0. The zero-order chi connectivity index (χ0) is 46.1. The maximum absolute atomic E-state index is 14.6. The second-order valence-electron chi connectivity index (χ2n) is 14.3. The normalized spacial score (nSPS) is 12.9. The van der Waals surface area contributed by atoms with Gasteiger partial charge in [-0.15, -0.1) is 0 Å². The first-order valence-electron chi connectivity index (χ1n) is 20.1. The number of halogens is 2. The quantitative estimate of drug-likeness (QED) is 0.0616. The number of aromatic nitrogens is 1. The number of aryl methyl sites for hydroxylation is 2. The Bertz CT molecular complexity index is 2240. The van der Waals surface area contributed by atoms with Crippen LogP contribution >= 0.6 is 0 Å². The van der Waals surface area contributed by atoms with E-state index in [-0.39, 0.29) is 69.7 Å². The van der Waals surface area contributed by atoms with Gasteiger partial charge in [0.05, 0.1) is 87.0 Å². The lowest BCUT2D eigenvalue weighted by molar-refractivity contribution is -0.122. The number of nitriles is 1. The van der Waals surface area contributed by atoms with Gasteiger partial charge in [0, 0.05) is 43.1 Å². The first kappa shape index (κ1) is 49.0. The number of benzene rings is 2. The molecule has 0 saturated heterocycles. The van der Waals surface area contributed by atoms with Gasteiger partial charge in [0.25, 0.3) is 0 Å². The van der Waals surface area contributed by atoms with Gasteiger partial charge >= 0.3 is 7.40 Å². The molecule has 8 N–H and O–H groups in total. The first-order valence-corrected chi connectivity index (χ1v) is 20.1. The Morgan fingerprint density at radius 1 is 0.730 bits per heavy atom. The fourth-order valence-electron chi connectivity index (χ4n) is 6.86. The lowest BCUT2D eigenvalue weighted by atomic mass is 9.94. The van der Waals surface area contributed by atoms with Crippen molar-refractivity contribution in [2.75, 3.05) is 88.6 Å². The Morgan fingerprint density at radius 3 is 1.68 bits per heavy atom. The smallest absolute Gasteiger partial charge is 0.395 e. The van der Waals surface area contributed by atoms with Crippen LogP contribution in [0.25, 0.3) is 11.6 Å². The molecule has 4 rings (SSSR count). The minimum atomic E-state index is -2.85. The van der Waals surface area contributed by atoms with E-state index < -0.39 is 57.2 Å². The number of carbonyl (C=O) groups excluding carboxylic acids is 4. The van der Waals surface area contributed by atoms with Gasteiger partial charge in [0.2, 0.25) is 23.6 Å². The van der Waals surface area contributed by atoms with Crippen molar-refractivity contribution < 1.29 is 48.2 Å². The monoisotopic (exact) mass is 871 g/mol. The van der Waals surface area contributed by atoms with Crippen molar-refractivity contribution in [2.24, 2.45) is 4.99 Å². The van der Waals surface area contributed by atoms with Crippen LogP contribution in [0, 0.1) is 25.2 Å². The van der Waals surface area contributed by atoms with Crippen LogP contribution in [0.5, 0.6) is 0 Å². The molecular formula is C43H52BF2N9O8. The van der Waals surface area contributed by atoms with Gasteiger partial charge in [-0.25, -0.2) is 4.99 Å². The second-order valence-corrected chi connectivity index (χ2v) is 14.3. The zero-order valence-corrected chi connectivity index (χ0v) is 35.3. The van der Waals surface area contributed by atoms with E-state index in [1.807, 2.05) is 0 Å². The molecule has 2 heterocycles. The fourth-order valence-corrected chi connectivity index (χ4v) is 6.86. The Hall–Kier alpha value is -6.66. The molecule has 1 aliphatic heterocycles. The molecule has 0 spiro atoms. The van der Waals surface area contributed by atoms with Crippen LogP contribution in [0.4, 0.5) is 20.0 Å². The third kappa shape index (κ3) is 13.7. The zero-order valence-electron chi connectivity index (χ0n) is 35.3. The molecule has 3 aromatic rings. The number of hydrogen-bond acceptors (Lipinski definition) is 12. The van der Waals surface area contributed by atoms with Gasteiger partial charge in [-0.05, 0) is 85.5 Å². The molecule has 2 aromatic carbocycles. The van der Waals surface area contributed by atoms with Gasteiger partial charge in [-0.1, -0.05) is 24.3 Å². The highest BCUT2D eigenvalue weighted by molar-refractivity contribution is 6.41. The molecule has 0 radical (unpaired) electrons. The van der Waals surface area contributed by atoms with E-state index in [2.05, 4.69) is 27.3 Å². The highest BCUT2D eigenvalue weighted by Crippen LogP contribution is 2.38. The summed E-state index contributed by atoms with van der Waals surface area (Å²) < 4.78 is 30.2. The van der Waals surface area contributed by atoms with E-state index in [4.69, 9.17) is 4.99 Å². The maximum Gasteiger partial charge on any atom is 0.677 e. The van der Waals surface area contributed by atoms with Crippen LogP contribution in [0.2, 0.25) is 0 Å². The summed E-state index contributed by atoms with van der Waals surface area (Å²) in [5, 5.41) is 57.0. The standard InChI is InChI=1S/C43H52BF2N9O8/c1-28-21-34(52-42(28)41(33-8-4-32(23-47)5-9-33)43-29(2)20-30(3)55(43)44(45)46)10-6-31-7-11-35(53(24-37(60)48-12-16-56)25-38(61)49-13-17-57)36(22-31)54(26-39(62)50-14-18-58)27-40(63)51-15-19-59/h4-11,20-22,56-59H,12-19,24-27H2,1-3H3,(H,48,60)(H,49,61)(H,50,62)(H,51,63)/b10-6+,42-41-. The number of nitrogens with one attached hydrogen (secondary N) is 4. The van der Waals surface area contributed by atoms with Gasteiger partial charge in [0.1, 0.15) is 0 Å². The van der Waals surface area contributed by atoms with Crippen molar-refractivity contribution in [1.29, 1.82) is 5.26 Å². The van der Waals surface area contributed by atoms with Crippen LogP contribution in [-0.4, -0.2) is 140 Å². The van der Waals surface area contributed by atoms with Crippen LogP contribution < -0.4 is 31.1 Å².